The van der Waals surface area contributed by atoms with E-state index >= 15 is 0 Å². The van der Waals surface area contributed by atoms with E-state index in [0.29, 0.717) is 41.9 Å². The van der Waals surface area contributed by atoms with Crippen molar-refractivity contribution in [1.29, 1.82) is 0 Å². The van der Waals surface area contributed by atoms with Gasteiger partial charge in [-0.1, -0.05) is 39.7 Å². The Hall–Kier alpha value is -2.15. The van der Waals surface area contributed by atoms with Crippen molar-refractivity contribution < 1.29 is 13.9 Å². The van der Waals surface area contributed by atoms with Gasteiger partial charge in [-0.3, -0.25) is 0 Å². The molecule has 1 heterocycles. The highest BCUT2D eigenvalue weighted by atomic mass is 79.9. The predicted octanol–water partition coefficient (Wildman–Crippen LogP) is 5.38. The van der Waals surface area contributed by atoms with E-state index in [2.05, 4.69) is 26.2 Å². The first-order valence-corrected chi connectivity index (χ1v) is 9.89. The molecule has 0 aliphatic carbocycles. The quantitative estimate of drug-likeness (QED) is 0.431. The van der Waals surface area contributed by atoms with Crippen molar-refractivity contribution in [2.24, 2.45) is 0 Å². The summed E-state index contributed by atoms with van der Waals surface area (Å²) in [6.45, 7) is 1.77. The van der Waals surface area contributed by atoms with E-state index in [-0.39, 0.29) is 12.4 Å². The third-order valence-electron chi connectivity index (χ3n) is 3.94. The molecule has 0 saturated heterocycles. The molecular formula is C21H19BrClFN2O2. The van der Waals surface area contributed by atoms with Crippen LogP contribution in [0.3, 0.4) is 0 Å². The fraction of sp³-hybridized carbons (Fsp3) is 0.190. The Morgan fingerprint density at radius 2 is 1.96 bits per heavy atom. The van der Waals surface area contributed by atoms with Gasteiger partial charge in [0.15, 0.2) is 0 Å². The van der Waals surface area contributed by atoms with E-state index in [1.165, 1.54) is 6.07 Å². The zero-order chi connectivity index (χ0) is 19.8. The average molecular weight is 466 g/mol. The SMILES string of the molecule is Fc1cccc(Cl)c1COc1ccc(Br)cc1CNCCOc1ccccn1. The molecule has 1 N–H and O–H groups in total. The van der Waals surface area contributed by atoms with Crippen LogP contribution < -0.4 is 14.8 Å². The molecule has 0 bridgehead atoms. The van der Waals surface area contributed by atoms with E-state index in [4.69, 9.17) is 21.1 Å². The number of nitrogens with one attached hydrogen (secondary N) is 1. The van der Waals surface area contributed by atoms with Crippen LogP contribution in [-0.2, 0) is 13.2 Å². The molecule has 4 nitrogen and oxygen atoms in total. The summed E-state index contributed by atoms with van der Waals surface area (Å²) in [7, 11) is 0. The Morgan fingerprint density at radius 3 is 2.75 bits per heavy atom. The molecule has 0 amide bonds. The zero-order valence-corrected chi connectivity index (χ0v) is 17.3. The van der Waals surface area contributed by atoms with E-state index in [0.717, 1.165) is 10.0 Å². The van der Waals surface area contributed by atoms with Gasteiger partial charge in [0.1, 0.15) is 24.8 Å². The molecule has 3 aromatic rings. The lowest BCUT2D eigenvalue weighted by Crippen LogP contribution is -2.21. The van der Waals surface area contributed by atoms with Gasteiger partial charge >= 0.3 is 0 Å². The maximum atomic E-state index is 13.9. The van der Waals surface area contributed by atoms with Gasteiger partial charge in [-0.25, -0.2) is 9.37 Å². The first kappa shape index (κ1) is 20.6. The minimum atomic E-state index is -0.379. The van der Waals surface area contributed by atoms with Crippen molar-refractivity contribution >= 4 is 27.5 Å². The predicted molar refractivity (Wildman–Crippen MR) is 111 cm³/mol. The molecule has 2 aromatic carbocycles. The molecule has 7 heteroatoms. The summed E-state index contributed by atoms with van der Waals surface area (Å²) in [5.41, 5.74) is 1.29. The largest absolute Gasteiger partial charge is 0.488 e. The minimum absolute atomic E-state index is 0.0585. The van der Waals surface area contributed by atoms with Crippen molar-refractivity contribution in [1.82, 2.24) is 10.3 Å². The average Bonchev–Trinajstić information content (AvgIpc) is 2.69. The van der Waals surface area contributed by atoms with Gasteiger partial charge < -0.3 is 14.8 Å². The topological polar surface area (TPSA) is 43.4 Å². The third kappa shape index (κ3) is 5.92. The van der Waals surface area contributed by atoms with Crippen LogP contribution in [0, 0.1) is 5.82 Å². The zero-order valence-electron chi connectivity index (χ0n) is 15.0. The second kappa shape index (κ2) is 10.4. The normalized spacial score (nSPS) is 10.7. The Labute approximate surface area is 176 Å². The van der Waals surface area contributed by atoms with Crippen LogP contribution in [0.2, 0.25) is 5.02 Å². The lowest BCUT2D eigenvalue weighted by molar-refractivity contribution is 0.291. The first-order chi connectivity index (χ1) is 13.6. The first-order valence-electron chi connectivity index (χ1n) is 8.72. The molecule has 0 spiro atoms. The van der Waals surface area contributed by atoms with Gasteiger partial charge in [-0.05, 0) is 36.4 Å². The van der Waals surface area contributed by atoms with Gasteiger partial charge in [0.05, 0.1) is 5.02 Å². The van der Waals surface area contributed by atoms with Crippen molar-refractivity contribution in [2.75, 3.05) is 13.2 Å². The molecule has 1 aromatic heterocycles. The monoisotopic (exact) mass is 464 g/mol. The lowest BCUT2D eigenvalue weighted by atomic mass is 10.2. The van der Waals surface area contributed by atoms with Crippen molar-refractivity contribution in [3.63, 3.8) is 0 Å². The van der Waals surface area contributed by atoms with Crippen LogP contribution in [0.1, 0.15) is 11.1 Å². The molecule has 0 aliphatic heterocycles. The number of aromatic nitrogens is 1. The highest BCUT2D eigenvalue weighted by Gasteiger charge is 2.10. The third-order valence-corrected chi connectivity index (χ3v) is 4.79. The van der Waals surface area contributed by atoms with E-state index in [1.807, 2.05) is 36.4 Å². The summed E-state index contributed by atoms with van der Waals surface area (Å²) in [5.74, 6) is 0.883. The van der Waals surface area contributed by atoms with Crippen molar-refractivity contribution in [3.05, 3.63) is 87.2 Å². The van der Waals surface area contributed by atoms with E-state index < -0.39 is 0 Å². The van der Waals surface area contributed by atoms with Crippen LogP contribution >= 0.6 is 27.5 Å². The fourth-order valence-electron chi connectivity index (χ4n) is 2.53. The lowest BCUT2D eigenvalue weighted by Gasteiger charge is -2.14. The smallest absolute Gasteiger partial charge is 0.213 e. The number of hydrogen-bond donors (Lipinski definition) is 1. The number of ether oxygens (including phenoxy) is 2. The molecule has 0 fully saturated rings. The molecule has 28 heavy (non-hydrogen) atoms. The van der Waals surface area contributed by atoms with Gasteiger partial charge in [0.2, 0.25) is 5.88 Å². The van der Waals surface area contributed by atoms with Crippen LogP contribution in [0.5, 0.6) is 11.6 Å². The number of rotatable bonds is 9. The van der Waals surface area contributed by atoms with Crippen LogP contribution in [0.25, 0.3) is 0 Å². The van der Waals surface area contributed by atoms with Gasteiger partial charge in [0, 0.05) is 41.0 Å². The van der Waals surface area contributed by atoms with Gasteiger partial charge in [-0.15, -0.1) is 0 Å². The standard InChI is InChI=1S/C21H19BrClFN2O2/c22-16-7-8-20(28-14-17-18(23)4-3-5-19(17)24)15(12-16)13-25-10-11-27-21-6-1-2-9-26-21/h1-9,12,25H,10-11,13-14H2. The summed E-state index contributed by atoms with van der Waals surface area (Å²) < 4.78 is 26.3. The molecule has 0 aliphatic rings. The number of nitrogens with zero attached hydrogens (tertiary/aromatic N) is 1. The van der Waals surface area contributed by atoms with Gasteiger partial charge in [0.25, 0.3) is 0 Å². The minimum Gasteiger partial charge on any atom is -0.488 e. The maximum Gasteiger partial charge on any atom is 0.213 e. The summed E-state index contributed by atoms with van der Waals surface area (Å²) in [5, 5.41) is 3.66. The van der Waals surface area contributed by atoms with Crippen LogP contribution in [0.15, 0.2) is 65.3 Å². The Balaban J connectivity index is 1.55. The summed E-state index contributed by atoms with van der Waals surface area (Å²) in [4.78, 5) is 4.11. The molecule has 0 atom stereocenters. The maximum absolute atomic E-state index is 13.9. The molecule has 0 unspecified atom stereocenters. The molecule has 0 saturated carbocycles. The summed E-state index contributed by atoms with van der Waals surface area (Å²) >= 11 is 9.54. The van der Waals surface area contributed by atoms with Crippen LogP contribution in [0.4, 0.5) is 4.39 Å². The molecule has 0 radical (unpaired) electrons. The Bertz CT molecular complexity index is 892. The fourth-order valence-corrected chi connectivity index (χ4v) is 3.16. The highest BCUT2D eigenvalue weighted by molar-refractivity contribution is 9.10. The number of halogens is 3. The summed E-state index contributed by atoms with van der Waals surface area (Å²) in [6.07, 6.45) is 1.69. The number of hydrogen-bond acceptors (Lipinski definition) is 4. The van der Waals surface area contributed by atoms with E-state index in [1.54, 1.807) is 18.3 Å². The Morgan fingerprint density at radius 1 is 1.07 bits per heavy atom. The van der Waals surface area contributed by atoms with E-state index in [9.17, 15) is 4.39 Å². The highest BCUT2D eigenvalue weighted by Crippen LogP contribution is 2.26. The molecule has 146 valence electrons. The van der Waals surface area contributed by atoms with Crippen molar-refractivity contribution in [3.8, 4) is 11.6 Å². The Kier molecular flexibility index (Phi) is 7.65. The summed E-state index contributed by atoms with van der Waals surface area (Å²) in [6, 6.07) is 15.8. The number of pyridine rings is 1. The molecule has 3 rings (SSSR count). The second-order valence-electron chi connectivity index (χ2n) is 5.93. The van der Waals surface area contributed by atoms with Crippen LogP contribution in [-0.4, -0.2) is 18.1 Å². The van der Waals surface area contributed by atoms with Crippen molar-refractivity contribution in [2.45, 2.75) is 13.2 Å². The number of benzene rings is 2. The molecular weight excluding hydrogens is 447 g/mol. The second-order valence-corrected chi connectivity index (χ2v) is 7.26. The van der Waals surface area contributed by atoms with Gasteiger partial charge in [-0.2, -0.15) is 0 Å².